The van der Waals surface area contributed by atoms with E-state index in [1.165, 1.54) is 7.11 Å². The van der Waals surface area contributed by atoms with E-state index in [0.717, 1.165) is 0 Å². The fraction of sp³-hybridized carbons (Fsp3) is 0.538. The minimum atomic E-state index is -0.964. The van der Waals surface area contributed by atoms with E-state index in [2.05, 4.69) is 5.32 Å². The molecule has 7 nitrogen and oxygen atoms in total. The predicted octanol–water partition coefficient (Wildman–Crippen LogP) is 1.30. The van der Waals surface area contributed by atoms with Crippen molar-refractivity contribution in [3.8, 4) is 0 Å². The van der Waals surface area contributed by atoms with E-state index in [9.17, 15) is 9.59 Å². The predicted molar refractivity (Wildman–Crippen MR) is 71.2 cm³/mol. The van der Waals surface area contributed by atoms with E-state index in [1.54, 1.807) is 23.3 Å². The summed E-state index contributed by atoms with van der Waals surface area (Å²) in [5.74, 6) is -0.273. The lowest BCUT2D eigenvalue weighted by Gasteiger charge is -2.22. The smallest absolute Gasteiger partial charge is 0.317 e. The van der Waals surface area contributed by atoms with Crippen LogP contribution >= 0.6 is 0 Å². The van der Waals surface area contributed by atoms with Gasteiger partial charge < -0.3 is 24.5 Å². The summed E-state index contributed by atoms with van der Waals surface area (Å²) in [6, 6.07) is 3.27. The Morgan fingerprint density at radius 2 is 2.30 bits per heavy atom. The van der Waals surface area contributed by atoms with Crippen LogP contribution in [0.15, 0.2) is 22.8 Å². The minimum Gasteiger partial charge on any atom is -0.481 e. The average molecular weight is 284 g/mol. The average Bonchev–Trinajstić information content (AvgIpc) is 2.92. The molecular formula is C13H20N2O5. The Kier molecular flexibility index (Phi) is 6.58. The molecule has 0 aliphatic carbocycles. The summed E-state index contributed by atoms with van der Waals surface area (Å²) in [6.45, 7) is 2.89. The number of aliphatic carboxylic acids is 1. The molecule has 0 fully saturated rings. The van der Waals surface area contributed by atoms with E-state index in [4.69, 9.17) is 14.3 Å². The van der Waals surface area contributed by atoms with E-state index in [1.807, 2.05) is 6.92 Å². The normalized spacial score (nSPS) is 11.9. The molecule has 112 valence electrons. The van der Waals surface area contributed by atoms with Crippen LogP contribution in [0.1, 0.15) is 19.1 Å². The molecule has 0 radical (unpaired) electrons. The molecule has 1 unspecified atom stereocenters. The van der Waals surface area contributed by atoms with E-state index < -0.39 is 12.1 Å². The highest BCUT2D eigenvalue weighted by Gasteiger charge is 2.17. The second kappa shape index (κ2) is 8.21. The Bertz CT molecular complexity index is 418. The van der Waals surface area contributed by atoms with Crippen LogP contribution in [-0.4, -0.2) is 48.3 Å². The summed E-state index contributed by atoms with van der Waals surface area (Å²) in [5.41, 5.74) is 0. The standard InChI is InChI=1S/C13H20N2O5/c1-3-15(9-10-5-4-6-20-10)13(18)14-8-11(19-2)7-12(16)17/h4-6,11H,3,7-9H2,1-2H3,(H,14,18)(H,16,17). The molecule has 0 spiro atoms. The molecule has 20 heavy (non-hydrogen) atoms. The second-order valence-corrected chi connectivity index (χ2v) is 4.24. The fourth-order valence-corrected chi connectivity index (χ4v) is 1.66. The Labute approximate surface area is 117 Å². The Balaban J connectivity index is 2.44. The number of carboxylic acid groups (broad SMARTS) is 1. The zero-order valence-electron chi connectivity index (χ0n) is 11.7. The number of hydrogen-bond donors (Lipinski definition) is 2. The lowest BCUT2D eigenvalue weighted by Crippen LogP contribution is -2.43. The summed E-state index contributed by atoms with van der Waals surface area (Å²) in [6.07, 6.45) is 0.856. The van der Waals surface area contributed by atoms with Gasteiger partial charge in [-0.1, -0.05) is 0 Å². The van der Waals surface area contributed by atoms with Gasteiger partial charge in [0.15, 0.2) is 0 Å². The second-order valence-electron chi connectivity index (χ2n) is 4.24. The third-order valence-corrected chi connectivity index (χ3v) is 2.81. The van der Waals surface area contributed by atoms with Gasteiger partial charge in [0.05, 0.1) is 25.3 Å². The van der Waals surface area contributed by atoms with Gasteiger partial charge in [-0.15, -0.1) is 0 Å². The summed E-state index contributed by atoms with van der Waals surface area (Å²) >= 11 is 0. The SMILES string of the molecule is CCN(Cc1ccco1)C(=O)NCC(CC(=O)O)OC. The number of hydrogen-bond acceptors (Lipinski definition) is 4. The summed E-state index contributed by atoms with van der Waals surface area (Å²) in [7, 11) is 1.42. The van der Waals surface area contributed by atoms with Crippen LogP contribution in [0.5, 0.6) is 0 Å². The first kappa shape index (κ1) is 16.0. The van der Waals surface area contributed by atoms with Gasteiger partial charge in [-0.3, -0.25) is 4.79 Å². The molecule has 1 rings (SSSR count). The Morgan fingerprint density at radius 1 is 1.55 bits per heavy atom. The highest BCUT2D eigenvalue weighted by Crippen LogP contribution is 2.05. The number of rotatable bonds is 8. The van der Waals surface area contributed by atoms with E-state index in [0.29, 0.717) is 18.8 Å². The van der Waals surface area contributed by atoms with Gasteiger partial charge >= 0.3 is 12.0 Å². The minimum absolute atomic E-state index is 0.149. The van der Waals surface area contributed by atoms with E-state index >= 15 is 0 Å². The van der Waals surface area contributed by atoms with Crippen molar-refractivity contribution < 1.29 is 23.8 Å². The number of carbonyl (C=O) groups is 2. The van der Waals surface area contributed by atoms with Crippen molar-refractivity contribution in [1.29, 1.82) is 0 Å². The molecule has 7 heteroatoms. The van der Waals surface area contributed by atoms with Crippen molar-refractivity contribution in [1.82, 2.24) is 10.2 Å². The van der Waals surface area contributed by atoms with Crippen LogP contribution < -0.4 is 5.32 Å². The summed E-state index contributed by atoms with van der Waals surface area (Å²) in [5, 5.41) is 11.4. The highest BCUT2D eigenvalue weighted by molar-refractivity contribution is 5.74. The van der Waals surface area contributed by atoms with Crippen molar-refractivity contribution in [3.05, 3.63) is 24.2 Å². The lowest BCUT2D eigenvalue weighted by molar-refractivity contribution is -0.139. The lowest BCUT2D eigenvalue weighted by atomic mass is 10.2. The topological polar surface area (TPSA) is 92.0 Å². The van der Waals surface area contributed by atoms with E-state index in [-0.39, 0.29) is 19.0 Å². The van der Waals surface area contributed by atoms with Gasteiger partial charge in [0.25, 0.3) is 0 Å². The number of methoxy groups -OCH3 is 1. The number of urea groups is 1. The van der Waals surface area contributed by atoms with Gasteiger partial charge in [-0.05, 0) is 19.1 Å². The molecular weight excluding hydrogens is 264 g/mol. The maximum Gasteiger partial charge on any atom is 0.317 e. The Hall–Kier alpha value is -2.02. The van der Waals surface area contributed by atoms with Gasteiger partial charge in [0.2, 0.25) is 0 Å². The number of carbonyl (C=O) groups excluding carboxylic acids is 1. The monoisotopic (exact) mass is 284 g/mol. The van der Waals surface area contributed by atoms with Crippen molar-refractivity contribution in [2.75, 3.05) is 20.2 Å². The molecule has 2 amide bonds. The molecule has 0 bridgehead atoms. The number of amides is 2. The number of nitrogens with one attached hydrogen (secondary N) is 1. The highest BCUT2D eigenvalue weighted by atomic mass is 16.5. The zero-order chi connectivity index (χ0) is 15.0. The fourth-order valence-electron chi connectivity index (χ4n) is 1.66. The quantitative estimate of drug-likeness (QED) is 0.750. The number of nitrogens with zero attached hydrogens (tertiary/aromatic N) is 1. The molecule has 0 aliphatic rings. The molecule has 1 atom stereocenters. The first-order valence-electron chi connectivity index (χ1n) is 6.36. The van der Waals surface area contributed by atoms with Crippen LogP contribution in [0.3, 0.4) is 0 Å². The van der Waals surface area contributed by atoms with Crippen LogP contribution in [0.25, 0.3) is 0 Å². The molecule has 1 aromatic rings. The number of furan rings is 1. The van der Waals surface area contributed by atoms with Gasteiger partial charge in [-0.2, -0.15) is 0 Å². The molecule has 0 aliphatic heterocycles. The molecule has 1 heterocycles. The number of carboxylic acids is 1. The van der Waals surface area contributed by atoms with Crippen LogP contribution in [0, 0.1) is 0 Å². The molecule has 0 saturated carbocycles. The first-order chi connectivity index (χ1) is 9.56. The largest absolute Gasteiger partial charge is 0.481 e. The van der Waals surface area contributed by atoms with Gasteiger partial charge in [0.1, 0.15) is 5.76 Å². The van der Waals surface area contributed by atoms with Gasteiger partial charge in [-0.25, -0.2) is 4.79 Å². The van der Waals surface area contributed by atoms with Crippen LogP contribution in [-0.2, 0) is 16.1 Å². The van der Waals surface area contributed by atoms with Crippen molar-refractivity contribution in [3.63, 3.8) is 0 Å². The first-order valence-corrected chi connectivity index (χ1v) is 6.36. The van der Waals surface area contributed by atoms with Crippen molar-refractivity contribution in [2.24, 2.45) is 0 Å². The zero-order valence-corrected chi connectivity index (χ0v) is 11.7. The van der Waals surface area contributed by atoms with Crippen LogP contribution in [0.4, 0.5) is 4.79 Å². The van der Waals surface area contributed by atoms with Gasteiger partial charge in [0, 0.05) is 20.2 Å². The number of ether oxygens (including phenoxy) is 1. The third-order valence-electron chi connectivity index (χ3n) is 2.81. The molecule has 1 aromatic heterocycles. The Morgan fingerprint density at radius 3 is 2.80 bits per heavy atom. The molecule has 0 aromatic carbocycles. The summed E-state index contributed by atoms with van der Waals surface area (Å²) in [4.78, 5) is 24.1. The molecule has 2 N–H and O–H groups in total. The van der Waals surface area contributed by atoms with Crippen molar-refractivity contribution in [2.45, 2.75) is 26.0 Å². The maximum atomic E-state index is 12.0. The third kappa shape index (κ3) is 5.31. The summed E-state index contributed by atoms with van der Waals surface area (Å²) < 4.78 is 10.2. The van der Waals surface area contributed by atoms with Crippen LogP contribution in [0.2, 0.25) is 0 Å². The maximum absolute atomic E-state index is 12.0. The van der Waals surface area contributed by atoms with Crippen molar-refractivity contribution >= 4 is 12.0 Å². The molecule has 0 saturated heterocycles.